The first-order valence-corrected chi connectivity index (χ1v) is 21.5. The third kappa shape index (κ3) is 7.13. The normalized spacial score (nSPS) is 25.9. The number of carbonyl (C=O) groups excluding carboxylic acids is 2. The predicted molar refractivity (Wildman–Crippen MR) is 211 cm³/mol. The molecule has 2 bridgehead atoms. The number of anilines is 1. The third-order valence-electron chi connectivity index (χ3n) is 13.6. The average Bonchev–Trinajstić information content (AvgIpc) is 4.01. The Labute approximate surface area is 329 Å². The van der Waals surface area contributed by atoms with E-state index < -0.39 is 21.5 Å². The Morgan fingerprint density at radius 1 is 1.04 bits per heavy atom. The smallest absolute Gasteiger partial charge is 0.407 e. The maximum atomic E-state index is 15.1. The number of likely N-dealkylation sites (tertiary alicyclic amines) is 2. The van der Waals surface area contributed by atoms with E-state index in [1.165, 1.54) is 19.3 Å². The number of ether oxygens (including phenoxy) is 1. The summed E-state index contributed by atoms with van der Waals surface area (Å²) < 4.78 is 51.1. The maximum absolute atomic E-state index is 15.1. The minimum absolute atomic E-state index is 0.0849. The number of halogens is 1. The number of hydrogen-bond donors (Lipinski definition) is 1. The molecule has 3 aromatic rings. The van der Waals surface area contributed by atoms with Gasteiger partial charge in [0.15, 0.2) is 0 Å². The van der Waals surface area contributed by atoms with Gasteiger partial charge in [-0.05, 0) is 112 Å². The zero-order chi connectivity index (χ0) is 39.2. The van der Waals surface area contributed by atoms with E-state index in [1.54, 1.807) is 27.4 Å². The highest BCUT2D eigenvalue weighted by molar-refractivity contribution is 7.89. The molecule has 5 atom stereocenters. The van der Waals surface area contributed by atoms with Gasteiger partial charge >= 0.3 is 6.09 Å². The molecule has 1 aliphatic carbocycles. The highest BCUT2D eigenvalue weighted by Crippen LogP contribution is 2.52. The Bertz CT molecular complexity index is 2030. The Morgan fingerprint density at radius 2 is 1.80 bits per heavy atom. The Balaban J connectivity index is 0.917. The molecule has 2 amide bonds. The van der Waals surface area contributed by atoms with Crippen LogP contribution in [0.1, 0.15) is 49.9 Å². The van der Waals surface area contributed by atoms with Gasteiger partial charge in [0.2, 0.25) is 15.9 Å². The number of imidazole rings is 1. The number of nitrogens with one attached hydrogen (secondary N) is 1. The van der Waals surface area contributed by atoms with Crippen LogP contribution in [0.3, 0.4) is 0 Å². The fourth-order valence-electron chi connectivity index (χ4n) is 10.8. The lowest BCUT2D eigenvalue weighted by atomic mass is 9.58. The molecule has 5 heterocycles. The number of aromatic nitrogens is 2. The molecule has 56 heavy (non-hydrogen) atoms. The molecule has 1 saturated carbocycles. The molecule has 4 saturated heterocycles. The van der Waals surface area contributed by atoms with E-state index in [0.29, 0.717) is 32.0 Å². The number of piperazine rings is 1. The zero-order valence-corrected chi connectivity index (χ0v) is 33.2. The summed E-state index contributed by atoms with van der Waals surface area (Å²) in [5.41, 5.74) is 1.57. The lowest BCUT2D eigenvalue weighted by Gasteiger charge is -2.51. The standard InChI is InChI=1S/C42H54FN7O5S/c1-4-40(51)49-26-36-22-35(49)27-50(36)56(53,54)37-13-11-34(12-14-37)48-24-30(25-48)23-46-18-15-31(16-19-46)42(28-47-20-17-44-29(47)2,32-7-5-8-33(43)21-32)38-9-6-10-39(38)45-41(52)55-3/h4-5,7-8,11-14,17,20-21,30-31,35-36,38-39H,1,6,9-10,15-16,18-19,22-28H2,2-3H3,(H,45,52)/t35-,36-,38-,39-,42-/m0/s1. The lowest BCUT2D eigenvalue weighted by molar-refractivity contribution is -0.127. The molecular formula is C42H54FN7O5S. The molecule has 2 aromatic carbocycles. The third-order valence-corrected chi connectivity index (χ3v) is 15.6. The number of nitrogens with zero attached hydrogens (tertiary/aromatic N) is 6. The van der Waals surface area contributed by atoms with Crippen LogP contribution in [-0.2, 0) is 31.5 Å². The molecule has 12 nitrogen and oxygen atoms in total. The lowest BCUT2D eigenvalue weighted by Crippen LogP contribution is -2.56. The molecule has 0 unspecified atom stereocenters. The quantitative estimate of drug-likeness (QED) is 0.260. The van der Waals surface area contributed by atoms with Crippen molar-refractivity contribution >= 4 is 27.7 Å². The van der Waals surface area contributed by atoms with E-state index in [9.17, 15) is 18.0 Å². The van der Waals surface area contributed by atoms with E-state index in [2.05, 4.69) is 37.3 Å². The number of aryl methyl sites for hydroxylation is 1. The van der Waals surface area contributed by atoms with Crippen molar-refractivity contribution in [2.75, 3.05) is 57.8 Å². The summed E-state index contributed by atoms with van der Waals surface area (Å²) in [7, 11) is -2.26. The molecular weight excluding hydrogens is 734 g/mol. The molecule has 1 N–H and O–H groups in total. The summed E-state index contributed by atoms with van der Waals surface area (Å²) >= 11 is 0. The summed E-state index contributed by atoms with van der Waals surface area (Å²) in [4.78, 5) is 36.2. The SMILES string of the molecule is C=CC(=O)N1C[C@@H]2C[C@H]1CN2S(=O)(=O)c1ccc(N2CC(CN3CCC([C@@](Cn4ccnc4C)(c4cccc(F)c4)[C@H]4CCC[C@@H]4NC(=O)OC)CC3)C2)cc1. The molecule has 4 aliphatic heterocycles. The van der Waals surface area contributed by atoms with Crippen molar-refractivity contribution in [1.82, 2.24) is 29.0 Å². The monoisotopic (exact) mass is 787 g/mol. The van der Waals surface area contributed by atoms with Crippen molar-refractivity contribution in [2.24, 2.45) is 17.8 Å². The van der Waals surface area contributed by atoms with Crippen LogP contribution >= 0.6 is 0 Å². The summed E-state index contributed by atoms with van der Waals surface area (Å²) in [6.45, 7) is 11.7. The van der Waals surface area contributed by atoms with Gasteiger partial charge < -0.3 is 29.3 Å². The van der Waals surface area contributed by atoms with Gasteiger partial charge in [0, 0.05) is 86.8 Å². The number of rotatable bonds is 12. The van der Waals surface area contributed by atoms with Crippen LogP contribution in [0, 0.1) is 30.5 Å². The first-order chi connectivity index (χ1) is 27.0. The van der Waals surface area contributed by atoms with Crippen molar-refractivity contribution in [3.8, 4) is 0 Å². The summed E-state index contributed by atoms with van der Waals surface area (Å²) in [6, 6.07) is 14.0. The van der Waals surface area contributed by atoms with Crippen molar-refractivity contribution in [3.63, 3.8) is 0 Å². The fourth-order valence-corrected chi connectivity index (χ4v) is 12.5. The highest BCUT2D eigenvalue weighted by Gasteiger charge is 2.53. The second-order valence-electron chi connectivity index (χ2n) is 16.6. The number of alkyl carbamates (subject to hydrolysis) is 1. The summed E-state index contributed by atoms with van der Waals surface area (Å²) in [5, 5.41) is 3.16. The van der Waals surface area contributed by atoms with Crippen molar-refractivity contribution in [1.29, 1.82) is 0 Å². The number of hydrogen-bond acceptors (Lipinski definition) is 8. The first kappa shape index (κ1) is 38.6. The van der Waals surface area contributed by atoms with Crippen LogP contribution in [0.2, 0.25) is 0 Å². The van der Waals surface area contributed by atoms with Gasteiger partial charge in [-0.25, -0.2) is 22.6 Å². The Kier molecular flexibility index (Phi) is 10.7. The van der Waals surface area contributed by atoms with Gasteiger partial charge in [-0.15, -0.1) is 0 Å². The zero-order valence-electron chi connectivity index (χ0n) is 32.4. The molecule has 0 radical (unpaired) electrons. The van der Waals surface area contributed by atoms with E-state index in [0.717, 1.165) is 81.9 Å². The molecule has 5 fully saturated rings. The second kappa shape index (κ2) is 15.6. The summed E-state index contributed by atoms with van der Waals surface area (Å²) in [5.74, 6) is 1.37. The molecule has 5 aliphatic rings. The fraction of sp³-hybridized carbons (Fsp3) is 0.548. The van der Waals surface area contributed by atoms with Crippen LogP contribution in [0.15, 0.2) is 78.5 Å². The molecule has 1 aromatic heterocycles. The van der Waals surface area contributed by atoms with Gasteiger partial charge in [0.1, 0.15) is 11.6 Å². The largest absolute Gasteiger partial charge is 0.453 e. The van der Waals surface area contributed by atoms with Crippen LogP contribution < -0.4 is 10.2 Å². The van der Waals surface area contributed by atoms with Crippen LogP contribution in [0.5, 0.6) is 0 Å². The minimum atomic E-state index is -3.66. The minimum Gasteiger partial charge on any atom is -0.453 e. The van der Waals surface area contributed by atoms with E-state index in [-0.39, 0.29) is 46.6 Å². The van der Waals surface area contributed by atoms with E-state index in [4.69, 9.17) is 4.74 Å². The number of carbonyl (C=O) groups is 2. The topological polar surface area (TPSA) is 120 Å². The molecule has 300 valence electrons. The van der Waals surface area contributed by atoms with Crippen molar-refractivity contribution in [2.45, 2.75) is 80.4 Å². The highest BCUT2D eigenvalue weighted by atomic mass is 32.2. The number of sulfonamides is 1. The van der Waals surface area contributed by atoms with Gasteiger partial charge in [-0.3, -0.25) is 4.79 Å². The Morgan fingerprint density at radius 3 is 2.45 bits per heavy atom. The second-order valence-corrected chi connectivity index (χ2v) is 18.5. The Hall–Kier alpha value is -4.27. The number of amides is 2. The number of fused-ring (bicyclic) bond motifs is 2. The predicted octanol–water partition coefficient (Wildman–Crippen LogP) is 4.80. The summed E-state index contributed by atoms with van der Waals surface area (Å²) in [6.07, 6.45) is 10.1. The number of piperidine rings is 1. The van der Waals surface area contributed by atoms with Gasteiger partial charge in [0.25, 0.3) is 0 Å². The number of methoxy groups -OCH3 is 1. The van der Waals surface area contributed by atoms with E-state index in [1.807, 2.05) is 37.5 Å². The molecule has 8 rings (SSSR count). The molecule has 0 spiro atoms. The van der Waals surface area contributed by atoms with Crippen LogP contribution in [-0.4, -0.2) is 115 Å². The average molecular weight is 788 g/mol. The van der Waals surface area contributed by atoms with E-state index >= 15 is 4.39 Å². The van der Waals surface area contributed by atoms with Crippen molar-refractivity contribution < 1.29 is 27.1 Å². The van der Waals surface area contributed by atoms with Gasteiger partial charge in [-0.2, -0.15) is 4.31 Å². The maximum Gasteiger partial charge on any atom is 0.407 e. The van der Waals surface area contributed by atoms with Crippen LogP contribution in [0.4, 0.5) is 14.9 Å². The number of benzene rings is 2. The molecule has 14 heteroatoms. The van der Waals surface area contributed by atoms with Crippen molar-refractivity contribution in [3.05, 3.63) is 90.8 Å². The van der Waals surface area contributed by atoms with Crippen LogP contribution in [0.25, 0.3) is 0 Å². The van der Waals surface area contributed by atoms with Gasteiger partial charge in [-0.1, -0.05) is 25.1 Å². The first-order valence-electron chi connectivity index (χ1n) is 20.1. The van der Waals surface area contributed by atoms with Gasteiger partial charge in [0.05, 0.1) is 12.0 Å².